The summed E-state index contributed by atoms with van der Waals surface area (Å²) in [7, 11) is 0. The molecule has 0 saturated carbocycles. The molecule has 17 heavy (non-hydrogen) atoms. The van der Waals surface area contributed by atoms with Gasteiger partial charge in [0.05, 0.1) is 0 Å². The molecular weight excluding hydrogens is 221 g/mol. The van der Waals surface area contributed by atoms with Gasteiger partial charge < -0.3 is 4.98 Å². The van der Waals surface area contributed by atoms with Gasteiger partial charge in [-0.05, 0) is 17.9 Å². The van der Waals surface area contributed by atoms with Crippen LogP contribution in [-0.4, -0.2) is 40.7 Å². The first-order valence-corrected chi connectivity index (χ1v) is 6.00. The Bertz CT molecular complexity index is 438. The highest BCUT2D eigenvalue weighted by Gasteiger charge is 2.25. The molecule has 0 unspecified atom stereocenters. The summed E-state index contributed by atoms with van der Waals surface area (Å²) in [6.45, 7) is 5.97. The van der Waals surface area contributed by atoms with Crippen molar-refractivity contribution >= 4 is 0 Å². The van der Waals surface area contributed by atoms with E-state index >= 15 is 0 Å². The fraction of sp³-hybridized carbons (Fsp3) is 0.667. The van der Waals surface area contributed by atoms with Crippen LogP contribution >= 0.6 is 0 Å². The predicted molar refractivity (Wildman–Crippen MR) is 64.0 cm³/mol. The summed E-state index contributed by atoms with van der Waals surface area (Å²) in [6.07, 6.45) is 1.79. The van der Waals surface area contributed by atoms with Crippen LogP contribution in [0, 0.1) is 0 Å². The van der Waals surface area contributed by atoms with Crippen molar-refractivity contribution < 1.29 is 4.39 Å². The second-order valence-electron chi connectivity index (χ2n) is 4.89. The molecule has 1 N–H and O–H groups in total. The van der Waals surface area contributed by atoms with Gasteiger partial charge in [-0.15, -0.1) is 0 Å². The largest absolute Gasteiger partial charge is 0.345 e. The Kier molecular flexibility index (Phi) is 3.57. The van der Waals surface area contributed by atoms with Crippen LogP contribution in [0.3, 0.4) is 0 Å². The summed E-state index contributed by atoms with van der Waals surface area (Å²) in [5.74, 6) is 0.269. The maximum Gasteiger partial charge on any atom is 0.345 e. The molecule has 0 aliphatic carbocycles. The summed E-state index contributed by atoms with van der Waals surface area (Å²) in [4.78, 5) is 19.8. The van der Waals surface area contributed by atoms with E-state index in [0.29, 0.717) is 13.1 Å². The van der Waals surface area contributed by atoms with Gasteiger partial charge in [-0.25, -0.2) is 14.2 Å². The molecular formula is C12H18FN3O. The van der Waals surface area contributed by atoms with Gasteiger partial charge in [0.25, 0.3) is 0 Å². The number of aromatic nitrogens is 2. The quantitative estimate of drug-likeness (QED) is 0.855. The van der Waals surface area contributed by atoms with Gasteiger partial charge in [-0.1, -0.05) is 13.8 Å². The van der Waals surface area contributed by atoms with Crippen molar-refractivity contribution in [3.05, 3.63) is 27.9 Å². The average Bonchev–Trinajstić information content (AvgIpc) is 2.24. The van der Waals surface area contributed by atoms with E-state index in [1.54, 1.807) is 6.20 Å². The van der Waals surface area contributed by atoms with Gasteiger partial charge in [0.15, 0.2) is 0 Å². The topological polar surface area (TPSA) is 49.0 Å². The van der Waals surface area contributed by atoms with E-state index in [4.69, 9.17) is 0 Å². The number of nitrogens with one attached hydrogen (secondary N) is 1. The first-order valence-electron chi connectivity index (χ1n) is 6.00. The van der Waals surface area contributed by atoms with E-state index in [-0.39, 0.29) is 11.6 Å². The molecule has 94 valence electrons. The summed E-state index contributed by atoms with van der Waals surface area (Å²) >= 11 is 0. The van der Waals surface area contributed by atoms with Gasteiger partial charge >= 0.3 is 5.69 Å². The van der Waals surface area contributed by atoms with Crippen LogP contribution in [0.15, 0.2) is 11.0 Å². The third-order valence-corrected chi connectivity index (χ3v) is 3.11. The molecule has 2 heterocycles. The average molecular weight is 239 g/mol. The molecule has 1 aromatic rings. The predicted octanol–water partition coefficient (Wildman–Crippen LogP) is 1.09. The van der Waals surface area contributed by atoms with Gasteiger partial charge in [-0.3, -0.25) is 4.90 Å². The minimum absolute atomic E-state index is 0.269. The zero-order chi connectivity index (χ0) is 12.4. The first kappa shape index (κ1) is 12.2. The molecule has 0 bridgehead atoms. The minimum atomic E-state index is -0.659. The summed E-state index contributed by atoms with van der Waals surface area (Å²) < 4.78 is 12.7. The molecule has 0 radical (unpaired) electrons. The van der Waals surface area contributed by atoms with Gasteiger partial charge in [0.2, 0.25) is 0 Å². The van der Waals surface area contributed by atoms with E-state index in [1.807, 2.05) is 13.8 Å². The summed E-state index contributed by atoms with van der Waals surface area (Å²) in [5, 5.41) is 0. The lowest BCUT2D eigenvalue weighted by atomic mass is 10.0. The summed E-state index contributed by atoms with van der Waals surface area (Å²) in [6, 6.07) is 0. The van der Waals surface area contributed by atoms with Crippen LogP contribution in [-0.2, 0) is 6.42 Å². The molecule has 0 aromatic carbocycles. The van der Waals surface area contributed by atoms with E-state index in [2.05, 4.69) is 14.9 Å². The van der Waals surface area contributed by atoms with Crippen molar-refractivity contribution in [3.8, 4) is 0 Å². The monoisotopic (exact) mass is 239 g/mol. The maximum absolute atomic E-state index is 12.7. The van der Waals surface area contributed by atoms with E-state index in [1.165, 1.54) is 0 Å². The van der Waals surface area contributed by atoms with Crippen LogP contribution in [0.5, 0.6) is 0 Å². The highest BCUT2D eigenvalue weighted by molar-refractivity contribution is 5.19. The Morgan fingerprint density at radius 2 is 2.29 bits per heavy atom. The van der Waals surface area contributed by atoms with E-state index in [9.17, 15) is 9.18 Å². The molecule has 0 atom stereocenters. The van der Waals surface area contributed by atoms with Gasteiger partial charge in [0.1, 0.15) is 6.17 Å². The third kappa shape index (κ3) is 2.91. The number of alkyl halides is 1. The Balaban J connectivity index is 2.02. The molecule has 1 aliphatic heterocycles. The Labute approximate surface area is 99.9 Å². The zero-order valence-electron chi connectivity index (χ0n) is 10.2. The summed E-state index contributed by atoms with van der Waals surface area (Å²) in [5.41, 5.74) is 1.70. The lowest BCUT2D eigenvalue weighted by Crippen LogP contribution is -2.49. The lowest BCUT2D eigenvalue weighted by Gasteiger charge is -2.34. The number of likely N-dealkylation sites (tertiary alicyclic amines) is 1. The highest BCUT2D eigenvalue weighted by Crippen LogP contribution is 2.17. The number of hydrogen-bond donors (Lipinski definition) is 1. The molecule has 2 rings (SSSR count). The lowest BCUT2D eigenvalue weighted by molar-refractivity contribution is 0.0669. The fourth-order valence-corrected chi connectivity index (χ4v) is 2.12. The van der Waals surface area contributed by atoms with E-state index < -0.39 is 6.17 Å². The van der Waals surface area contributed by atoms with Crippen molar-refractivity contribution in [2.24, 2.45) is 0 Å². The third-order valence-electron chi connectivity index (χ3n) is 3.11. The van der Waals surface area contributed by atoms with Crippen LogP contribution < -0.4 is 5.69 Å². The number of halogens is 1. The van der Waals surface area contributed by atoms with Crippen molar-refractivity contribution in [2.75, 3.05) is 19.6 Å². The Morgan fingerprint density at radius 1 is 1.59 bits per heavy atom. The van der Waals surface area contributed by atoms with Gasteiger partial charge in [0, 0.05) is 31.5 Å². The minimum Gasteiger partial charge on any atom is -0.309 e. The second kappa shape index (κ2) is 4.96. The molecule has 5 heteroatoms. The number of aromatic amines is 1. The number of rotatable bonds is 4. The van der Waals surface area contributed by atoms with Crippen molar-refractivity contribution in [2.45, 2.75) is 32.4 Å². The first-order chi connectivity index (χ1) is 8.06. The zero-order valence-corrected chi connectivity index (χ0v) is 10.2. The number of nitrogens with zero attached hydrogens (tertiary/aromatic N) is 2. The van der Waals surface area contributed by atoms with Crippen LogP contribution in [0.2, 0.25) is 0 Å². The molecule has 0 spiro atoms. The van der Waals surface area contributed by atoms with Crippen molar-refractivity contribution in [1.29, 1.82) is 0 Å². The van der Waals surface area contributed by atoms with Crippen LogP contribution in [0.4, 0.5) is 4.39 Å². The van der Waals surface area contributed by atoms with Crippen LogP contribution in [0.25, 0.3) is 0 Å². The molecule has 1 saturated heterocycles. The molecule has 0 amide bonds. The smallest absolute Gasteiger partial charge is 0.309 e. The maximum atomic E-state index is 12.7. The SMILES string of the molecule is CC(C)c1[nH]c(=O)ncc1CCN1CC(F)C1. The fourth-order valence-electron chi connectivity index (χ4n) is 2.12. The van der Waals surface area contributed by atoms with E-state index in [0.717, 1.165) is 24.2 Å². The Hall–Kier alpha value is -1.23. The van der Waals surface area contributed by atoms with Crippen molar-refractivity contribution in [1.82, 2.24) is 14.9 Å². The molecule has 4 nitrogen and oxygen atoms in total. The standard InChI is InChI=1S/C12H18FN3O/c1-8(2)11-9(5-14-12(17)15-11)3-4-16-6-10(13)7-16/h5,8,10H,3-4,6-7H2,1-2H3,(H,14,15,17). The number of H-pyrrole nitrogens is 1. The molecule has 1 aromatic heterocycles. The van der Waals surface area contributed by atoms with Crippen molar-refractivity contribution in [3.63, 3.8) is 0 Å². The second-order valence-corrected chi connectivity index (χ2v) is 4.89. The molecule has 1 fully saturated rings. The number of hydrogen-bond acceptors (Lipinski definition) is 3. The highest BCUT2D eigenvalue weighted by atomic mass is 19.1. The van der Waals surface area contributed by atoms with Crippen LogP contribution in [0.1, 0.15) is 31.0 Å². The molecule has 1 aliphatic rings. The normalized spacial score (nSPS) is 17.4. The Morgan fingerprint density at radius 3 is 2.88 bits per heavy atom. The van der Waals surface area contributed by atoms with Gasteiger partial charge in [-0.2, -0.15) is 0 Å².